The molecule has 10 heteroatoms. The number of ether oxygens (including phenoxy) is 1. The molecule has 1 aliphatic rings. The molecular weight excluding hydrogens is 528 g/mol. The minimum atomic E-state index is -0.249. The number of nitrogens with zero attached hydrogens (tertiary/aromatic N) is 7. The second-order valence-corrected chi connectivity index (χ2v) is 10.4. The number of unbranched alkanes of at least 4 members (excludes halogenated alkanes) is 1. The third-order valence-electron chi connectivity index (χ3n) is 7.64. The van der Waals surface area contributed by atoms with Gasteiger partial charge >= 0.3 is 5.97 Å². The van der Waals surface area contributed by atoms with Crippen LogP contribution in [0.15, 0.2) is 78.9 Å². The maximum absolute atomic E-state index is 12.3. The van der Waals surface area contributed by atoms with Crippen LogP contribution >= 0.6 is 0 Å². The number of fused-ring (bicyclic) bond motifs is 1. The Morgan fingerprint density at radius 1 is 0.976 bits per heavy atom. The first-order valence-electron chi connectivity index (χ1n) is 14.3. The van der Waals surface area contributed by atoms with Crippen molar-refractivity contribution in [3.05, 3.63) is 95.9 Å². The van der Waals surface area contributed by atoms with E-state index < -0.39 is 0 Å². The largest absolute Gasteiger partial charge is 0.468 e. The third kappa shape index (κ3) is 5.66. The molecule has 0 saturated heterocycles. The van der Waals surface area contributed by atoms with Crippen LogP contribution in [0.1, 0.15) is 36.8 Å². The Morgan fingerprint density at radius 3 is 2.45 bits per heavy atom. The molecule has 1 aliphatic heterocycles. The first-order chi connectivity index (χ1) is 20.6. The van der Waals surface area contributed by atoms with Crippen molar-refractivity contribution in [1.29, 1.82) is 0 Å². The number of nitrogens with one attached hydrogen (secondary N) is 1. The van der Waals surface area contributed by atoms with Gasteiger partial charge in [0.2, 0.25) is 0 Å². The number of benzene rings is 3. The van der Waals surface area contributed by atoms with Gasteiger partial charge in [0.15, 0.2) is 11.6 Å². The van der Waals surface area contributed by atoms with Gasteiger partial charge < -0.3 is 14.2 Å². The number of imidazole rings is 1. The van der Waals surface area contributed by atoms with E-state index in [0.29, 0.717) is 25.6 Å². The fraction of sp³-hybridized carbons (Fsp3) is 0.281. The zero-order valence-electron chi connectivity index (χ0n) is 23.9. The summed E-state index contributed by atoms with van der Waals surface area (Å²) in [7, 11) is 1.43. The first-order valence-corrected chi connectivity index (χ1v) is 14.3. The minimum absolute atomic E-state index is 0.212. The van der Waals surface area contributed by atoms with Gasteiger partial charge in [-0.1, -0.05) is 80.1 Å². The first kappa shape index (κ1) is 27.3. The lowest BCUT2D eigenvalue weighted by Gasteiger charge is -2.35. The number of rotatable bonds is 10. The normalized spacial score (nSPS) is 13.2. The summed E-state index contributed by atoms with van der Waals surface area (Å²) < 4.78 is 7.35. The van der Waals surface area contributed by atoms with Crippen molar-refractivity contribution in [3.63, 3.8) is 0 Å². The number of aromatic amines is 1. The quantitative estimate of drug-likeness (QED) is 0.232. The summed E-state index contributed by atoms with van der Waals surface area (Å²) in [5.74, 6) is 2.41. The number of aromatic nitrogens is 6. The Bertz CT molecular complexity index is 1630. The van der Waals surface area contributed by atoms with Crippen molar-refractivity contribution in [2.45, 2.75) is 39.3 Å². The summed E-state index contributed by atoms with van der Waals surface area (Å²) >= 11 is 0. The summed E-state index contributed by atoms with van der Waals surface area (Å²) in [4.78, 5) is 21.8. The van der Waals surface area contributed by atoms with E-state index in [1.54, 1.807) is 0 Å². The number of anilines is 2. The minimum Gasteiger partial charge on any atom is -0.468 e. The number of hydrogen-bond donors (Lipinski definition) is 1. The number of aryl methyl sites for hydroxylation is 1. The van der Waals surface area contributed by atoms with Crippen molar-refractivity contribution in [2.24, 2.45) is 0 Å². The van der Waals surface area contributed by atoms with E-state index >= 15 is 0 Å². The molecule has 5 aromatic rings. The summed E-state index contributed by atoms with van der Waals surface area (Å²) in [5, 5.41) is 14.5. The third-order valence-corrected chi connectivity index (χ3v) is 7.64. The molecule has 6 rings (SSSR count). The molecule has 42 heavy (non-hydrogen) atoms. The van der Waals surface area contributed by atoms with Gasteiger partial charge in [-0.2, -0.15) is 0 Å². The highest BCUT2D eigenvalue weighted by Gasteiger charge is 2.31. The molecular formula is C32H34N8O2. The number of hydrogen-bond acceptors (Lipinski definition) is 8. The average Bonchev–Trinajstić information content (AvgIpc) is 3.69. The zero-order chi connectivity index (χ0) is 28.9. The summed E-state index contributed by atoms with van der Waals surface area (Å²) in [5.41, 5.74) is 6.42. The van der Waals surface area contributed by atoms with Gasteiger partial charge in [0.1, 0.15) is 5.82 Å². The second-order valence-electron chi connectivity index (χ2n) is 10.4. The predicted octanol–water partition coefficient (Wildman–Crippen LogP) is 5.21. The maximum Gasteiger partial charge on any atom is 0.319 e. The highest BCUT2D eigenvalue weighted by Crippen LogP contribution is 2.35. The van der Waals surface area contributed by atoms with Gasteiger partial charge in [0.05, 0.1) is 26.0 Å². The van der Waals surface area contributed by atoms with Crippen molar-refractivity contribution < 1.29 is 9.53 Å². The Hall–Kier alpha value is -4.83. The smallest absolute Gasteiger partial charge is 0.319 e. The Kier molecular flexibility index (Phi) is 8.05. The van der Waals surface area contributed by atoms with Crippen LogP contribution in [0.5, 0.6) is 0 Å². The van der Waals surface area contributed by atoms with Crippen LogP contribution in [-0.4, -0.2) is 61.4 Å². The van der Waals surface area contributed by atoms with E-state index in [9.17, 15) is 4.79 Å². The van der Waals surface area contributed by atoms with Crippen LogP contribution in [-0.2, 0) is 29.0 Å². The molecule has 0 bridgehead atoms. The zero-order valence-corrected chi connectivity index (χ0v) is 23.9. The van der Waals surface area contributed by atoms with Gasteiger partial charge in [-0.05, 0) is 45.7 Å². The maximum atomic E-state index is 12.3. The summed E-state index contributed by atoms with van der Waals surface area (Å²) in [6.45, 7) is 4.27. The molecule has 1 N–H and O–H groups in total. The van der Waals surface area contributed by atoms with Crippen molar-refractivity contribution in [3.8, 4) is 22.5 Å². The van der Waals surface area contributed by atoms with Crippen LogP contribution < -0.4 is 4.90 Å². The lowest BCUT2D eigenvalue weighted by atomic mass is 9.98. The van der Waals surface area contributed by atoms with Gasteiger partial charge in [-0.25, -0.2) is 10.1 Å². The van der Waals surface area contributed by atoms with Crippen molar-refractivity contribution in [2.75, 3.05) is 25.2 Å². The molecule has 2 aromatic heterocycles. The number of para-hydroxylation sites is 1. The number of tetrazole rings is 1. The highest BCUT2D eigenvalue weighted by atomic mass is 16.5. The Balaban J connectivity index is 1.35. The second kappa shape index (κ2) is 12.4. The van der Waals surface area contributed by atoms with Crippen LogP contribution in [0.25, 0.3) is 22.5 Å². The Labute approximate surface area is 245 Å². The van der Waals surface area contributed by atoms with E-state index in [-0.39, 0.29) is 12.5 Å². The van der Waals surface area contributed by atoms with E-state index in [4.69, 9.17) is 9.72 Å². The van der Waals surface area contributed by atoms with Gasteiger partial charge in [-0.15, -0.1) is 5.10 Å². The standard InChI is InChI=1S/C32H34N8O2/c1-3-4-14-29-33-32-28(20-38(21-30(41)42-2)22-40(32)25-10-6-5-7-11-25)39(29)19-23-15-17-24(18-16-23)26-12-8-9-13-27(26)31-34-36-37-35-31/h5-13,15-18H,3-4,14,19-22H2,1-2H3,(H,34,35,36,37). The van der Waals surface area contributed by atoms with Crippen LogP contribution in [0.2, 0.25) is 0 Å². The van der Waals surface area contributed by atoms with Gasteiger partial charge in [-0.3, -0.25) is 9.69 Å². The molecule has 0 radical (unpaired) electrons. The molecule has 214 valence electrons. The molecule has 10 nitrogen and oxygen atoms in total. The predicted molar refractivity (Wildman–Crippen MR) is 161 cm³/mol. The molecule has 0 atom stereocenters. The number of H-pyrrole nitrogens is 1. The molecule has 3 aromatic carbocycles. The van der Waals surface area contributed by atoms with E-state index in [0.717, 1.165) is 59.0 Å². The molecule has 0 amide bonds. The van der Waals surface area contributed by atoms with Crippen molar-refractivity contribution in [1.82, 2.24) is 35.1 Å². The SMILES string of the molecule is CCCCc1nc2c(n1Cc1ccc(-c3ccccc3-c3nnn[nH]3)cc1)CN(CC(=O)OC)CN2c1ccccc1. The number of carbonyl (C=O) groups excluding carboxylic acids is 1. The van der Waals surface area contributed by atoms with Gasteiger partial charge in [0, 0.05) is 30.8 Å². The van der Waals surface area contributed by atoms with E-state index in [1.807, 2.05) is 36.4 Å². The lowest BCUT2D eigenvalue weighted by Crippen LogP contribution is -2.43. The molecule has 0 saturated carbocycles. The number of methoxy groups -OCH3 is 1. The summed E-state index contributed by atoms with van der Waals surface area (Å²) in [6, 6.07) is 27.0. The van der Waals surface area contributed by atoms with Crippen LogP contribution in [0.4, 0.5) is 11.5 Å². The van der Waals surface area contributed by atoms with Crippen LogP contribution in [0.3, 0.4) is 0 Å². The lowest BCUT2D eigenvalue weighted by molar-refractivity contribution is -0.142. The molecule has 0 fully saturated rings. The number of esters is 1. The average molecular weight is 563 g/mol. The number of carbonyl (C=O) groups is 1. The van der Waals surface area contributed by atoms with E-state index in [1.165, 1.54) is 12.7 Å². The van der Waals surface area contributed by atoms with Crippen LogP contribution in [0, 0.1) is 0 Å². The monoisotopic (exact) mass is 562 g/mol. The summed E-state index contributed by atoms with van der Waals surface area (Å²) in [6.07, 6.45) is 3.03. The van der Waals surface area contributed by atoms with E-state index in [2.05, 4.69) is 84.4 Å². The van der Waals surface area contributed by atoms with Gasteiger partial charge in [0.25, 0.3) is 0 Å². The Morgan fingerprint density at radius 2 is 1.74 bits per heavy atom. The fourth-order valence-corrected chi connectivity index (χ4v) is 5.49. The molecule has 0 spiro atoms. The topological polar surface area (TPSA) is 105 Å². The molecule has 3 heterocycles. The molecule has 0 unspecified atom stereocenters. The van der Waals surface area contributed by atoms with Crippen molar-refractivity contribution >= 4 is 17.5 Å². The molecule has 0 aliphatic carbocycles. The fourth-order valence-electron chi connectivity index (χ4n) is 5.49. The highest BCUT2D eigenvalue weighted by molar-refractivity contribution is 5.80.